The van der Waals surface area contributed by atoms with Crippen molar-refractivity contribution in [2.24, 2.45) is 11.7 Å². The largest absolute Gasteiger partial charge is 0.497 e. The summed E-state index contributed by atoms with van der Waals surface area (Å²) in [6, 6.07) is 7.75. The summed E-state index contributed by atoms with van der Waals surface area (Å²) in [7, 11) is 1.64. The highest BCUT2D eigenvalue weighted by Crippen LogP contribution is 2.17. The Kier molecular flexibility index (Phi) is 8.51. The zero-order chi connectivity index (χ0) is 15.5. The molecule has 4 heteroatoms. The van der Waals surface area contributed by atoms with Gasteiger partial charge in [0.2, 0.25) is 5.91 Å². The summed E-state index contributed by atoms with van der Waals surface area (Å²) in [6.45, 7) is 3.42. The Morgan fingerprint density at radius 3 is 2.81 bits per heavy atom. The lowest BCUT2D eigenvalue weighted by atomic mass is 9.94. The molecule has 1 atom stereocenters. The molecule has 0 saturated heterocycles. The van der Waals surface area contributed by atoms with E-state index in [4.69, 9.17) is 10.5 Å². The molecule has 118 valence electrons. The van der Waals surface area contributed by atoms with E-state index in [-0.39, 0.29) is 5.91 Å². The first-order valence-electron chi connectivity index (χ1n) is 7.79. The predicted octanol–water partition coefficient (Wildman–Crippen LogP) is 2.86. The van der Waals surface area contributed by atoms with Crippen molar-refractivity contribution < 1.29 is 9.53 Å². The third kappa shape index (κ3) is 7.14. The van der Waals surface area contributed by atoms with E-state index in [0.29, 0.717) is 25.4 Å². The quantitative estimate of drug-likeness (QED) is 0.697. The third-order valence-corrected chi connectivity index (χ3v) is 3.68. The molecule has 1 unspecified atom stereocenters. The Morgan fingerprint density at radius 1 is 1.33 bits per heavy atom. The average molecular weight is 292 g/mol. The fraction of sp³-hybridized carbons (Fsp3) is 0.588. The zero-order valence-corrected chi connectivity index (χ0v) is 13.2. The van der Waals surface area contributed by atoms with Crippen LogP contribution in [-0.4, -0.2) is 19.6 Å². The molecule has 0 bridgehead atoms. The number of methoxy groups -OCH3 is 1. The molecule has 0 fully saturated rings. The molecule has 0 aromatic heterocycles. The summed E-state index contributed by atoms with van der Waals surface area (Å²) in [5.74, 6) is 1.49. The summed E-state index contributed by atoms with van der Waals surface area (Å²) in [4.78, 5) is 11.9. The first-order valence-corrected chi connectivity index (χ1v) is 7.79. The number of benzene rings is 1. The number of rotatable bonds is 10. The van der Waals surface area contributed by atoms with Gasteiger partial charge in [-0.1, -0.05) is 31.9 Å². The van der Waals surface area contributed by atoms with E-state index in [2.05, 4.69) is 12.2 Å². The number of carbonyl (C=O) groups excluding carboxylic acids is 1. The minimum absolute atomic E-state index is 0.107. The molecule has 0 aliphatic heterocycles. The van der Waals surface area contributed by atoms with E-state index in [1.807, 2.05) is 24.3 Å². The van der Waals surface area contributed by atoms with Gasteiger partial charge in [-0.2, -0.15) is 0 Å². The van der Waals surface area contributed by atoms with Crippen molar-refractivity contribution in [3.05, 3.63) is 29.8 Å². The van der Waals surface area contributed by atoms with E-state index >= 15 is 0 Å². The van der Waals surface area contributed by atoms with Gasteiger partial charge >= 0.3 is 0 Å². The maximum atomic E-state index is 11.9. The van der Waals surface area contributed by atoms with Crippen LogP contribution in [0.1, 0.15) is 44.6 Å². The Hall–Kier alpha value is -1.55. The second-order valence-corrected chi connectivity index (χ2v) is 5.40. The lowest BCUT2D eigenvalue weighted by Gasteiger charge is -2.14. The van der Waals surface area contributed by atoms with Crippen LogP contribution in [-0.2, 0) is 11.3 Å². The Balaban J connectivity index is 2.32. The van der Waals surface area contributed by atoms with Gasteiger partial charge in [-0.05, 0) is 43.0 Å². The number of nitrogens with two attached hydrogens (primary N) is 1. The summed E-state index contributed by atoms with van der Waals surface area (Å²) in [5, 5.41) is 2.96. The molecule has 0 aliphatic rings. The number of carbonyl (C=O) groups is 1. The number of hydrogen-bond acceptors (Lipinski definition) is 3. The number of ether oxygens (including phenoxy) is 1. The van der Waals surface area contributed by atoms with E-state index in [1.165, 1.54) is 0 Å². The molecule has 0 radical (unpaired) electrons. The van der Waals surface area contributed by atoms with Gasteiger partial charge in [0, 0.05) is 13.0 Å². The van der Waals surface area contributed by atoms with Gasteiger partial charge in [-0.15, -0.1) is 0 Å². The molecule has 1 rings (SSSR count). The highest BCUT2D eigenvalue weighted by atomic mass is 16.5. The molecule has 0 saturated carbocycles. The van der Waals surface area contributed by atoms with Gasteiger partial charge in [0.05, 0.1) is 7.11 Å². The van der Waals surface area contributed by atoms with Crippen LogP contribution in [0.5, 0.6) is 5.75 Å². The Morgan fingerprint density at radius 2 is 2.14 bits per heavy atom. The second kappa shape index (κ2) is 10.2. The summed E-state index contributed by atoms with van der Waals surface area (Å²) < 4.78 is 5.17. The van der Waals surface area contributed by atoms with Crippen LogP contribution < -0.4 is 15.8 Å². The van der Waals surface area contributed by atoms with Crippen LogP contribution >= 0.6 is 0 Å². The van der Waals surface area contributed by atoms with E-state index < -0.39 is 0 Å². The van der Waals surface area contributed by atoms with E-state index in [9.17, 15) is 4.79 Å². The fourth-order valence-electron chi connectivity index (χ4n) is 2.48. The second-order valence-electron chi connectivity index (χ2n) is 5.40. The smallest absolute Gasteiger partial charge is 0.220 e. The van der Waals surface area contributed by atoms with Crippen molar-refractivity contribution in [1.82, 2.24) is 5.32 Å². The molecule has 4 nitrogen and oxygen atoms in total. The number of amides is 1. The summed E-state index contributed by atoms with van der Waals surface area (Å²) in [5.41, 5.74) is 6.67. The highest BCUT2D eigenvalue weighted by Gasteiger charge is 2.10. The Bertz CT molecular complexity index is 415. The Labute approximate surface area is 128 Å². The third-order valence-electron chi connectivity index (χ3n) is 3.68. The van der Waals surface area contributed by atoms with Crippen molar-refractivity contribution in [1.29, 1.82) is 0 Å². The van der Waals surface area contributed by atoms with Crippen molar-refractivity contribution in [2.75, 3.05) is 13.7 Å². The van der Waals surface area contributed by atoms with Crippen molar-refractivity contribution in [2.45, 2.75) is 45.6 Å². The molecule has 0 aliphatic carbocycles. The van der Waals surface area contributed by atoms with Crippen molar-refractivity contribution in [3.63, 3.8) is 0 Å². The molecule has 3 N–H and O–H groups in total. The van der Waals surface area contributed by atoms with Gasteiger partial charge in [-0.25, -0.2) is 0 Å². The topological polar surface area (TPSA) is 64.4 Å². The normalized spacial score (nSPS) is 12.0. The SMILES string of the molecule is CCCC(CCN)CCC(=O)NCc1cccc(OC)c1. The van der Waals surface area contributed by atoms with Crippen LogP contribution in [0.3, 0.4) is 0 Å². The maximum absolute atomic E-state index is 11.9. The standard InChI is InChI=1S/C17H28N2O2/c1-3-5-14(10-11-18)8-9-17(20)19-13-15-6-4-7-16(12-15)21-2/h4,6-7,12,14H,3,5,8-11,13,18H2,1-2H3,(H,19,20). The first kappa shape index (κ1) is 17.5. The minimum atomic E-state index is 0.107. The summed E-state index contributed by atoms with van der Waals surface area (Å²) in [6.07, 6.45) is 4.82. The monoisotopic (exact) mass is 292 g/mol. The number of hydrogen-bond donors (Lipinski definition) is 2. The van der Waals surface area contributed by atoms with Gasteiger partial charge in [0.25, 0.3) is 0 Å². The average Bonchev–Trinajstić information content (AvgIpc) is 2.51. The van der Waals surface area contributed by atoms with Crippen LogP contribution in [0.2, 0.25) is 0 Å². The predicted molar refractivity (Wildman–Crippen MR) is 86.1 cm³/mol. The van der Waals surface area contributed by atoms with Crippen molar-refractivity contribution in [3.8, 4) is 5.75 Å². The van der Waals surface area contributed by atoms with Crippen LogP contribution in [0.25, 0.3) is 0 Å². The maximum Gasteiger partial charge on any atom is 0.220 e. The fourth-order valence-corrected chi connectivity index (χ4v) is 2.48. The van der Waals surface area contributed by atoms with E-state index in [0.717, 1.165) is 37.0 Å². The van der Waals surface area contributed by atoms with Gasteiger partial charge in [0.15, 0.2) is 0 Å². The van der Waals surface area contributed by atoms with Crippen LogP contribution in [0.4, 0.5) is 0 Å². The minimum Gasteiger partial charge on any atom is -0.497 e. The molecule has 1 amide bonds. The molecule has 1 aromatic carbocycles. The number of nitrogens with one attached hydrogen (secondary N) is 1. The van der Waals surface area contributed by atoms with Crippen LogP contribution in [0.15, 0.2) is 24.3 Å². The lowest BCUT2D eigenvalue weighted by Crippen LogP contribution is -2.23. The van der Waals surface area contributed by atoms with Crippen molar-refractivity contribution >= 4 is 5.91 Å². The van der Waals surface area contributed by atoms with Crippen LogP contribution in [0, 0.1) is 5.92 Å². The zero-order valence-electron chi connectivity index (χ0n) is 13.2. The molecule has 21 heavy (non-hydrogen) atoms. The molecular formula is C17H28N2O2. The first-order chi connectivity index (χ1) is 10.2. The highest BCUT2D eigenvalue weighted by molar-refractivity contribution is 5.75. The molecule has 0 spiro atoms. The summed E-state index contributed by atoms with van der Waals surface area (Å²) >= 11 is 0. The lowest BCUT2D eigenvalue weighted by molar-refractivity contribution is -0.121. The molecular weight excluding hydrogens is 264 g/mol. The van der Waals surface area contributed by atoms with Gasteiger partial charge in [-0.3, -0.25) is 4.79 Å². The van der Waals surface area contributed by atoms with Gasteiger partial charge in [0.1, 0.15) is 5.75 Å². The van der Waals surface area contributed by atoms with Gasteiger partial charge < -0.3 is 15.8 Å². The molecule has 0 heterocycles. The molecule has 1 aromatic rings. The van der Waals surface area contributed by atoms with E-state index in [1.54, 1.807) is 7.11 Å².